The Bertz CT molecular complexity index is 889. The van der Waals surface area contributed by atoms with E-state index < -0.39 is 10.0 Å². The van der Waals surface area contributed by atoms with E-state index in [0.717, 1.165) is 18.4 Å². The Labute approximate surface area is 152 Å². The lowest BCUT2D eigenvalue weighted by atomic mass is 10.1. The fraction of sp³-hybridized carbons (Fsp3) is 0.278. The molecule has 1 N–H and O–H groups in total. The topological polar surface area (TPSA) is 66.5 Å². The van der Waals surface area contributed by atoms with Crippen LogP contribution in [0.25, 0.3) is 0 Å². The number of hydrogen-bond donors (Lipinski definition) is 1. The zero-order chi connectivity index (χ0) is 18.0. The maximum Gasteiger partial charge on any atom is 0.261 e. The molecule has 3 rings (SSSR count). The van der Waals surface area contributed by atoms with Gasteiger partial charge >= 0.3 is 0 Å². The molecule has 25 heavy (non-hydrogen) atoms. The number of aryl methyl sites for hydroxylation is 1. The molecule has 0 atom stereocenters. The highest BCUT2D eigenvalue weighted by Gasteiger charge is 2.24. The third-order valence-corrected chi connectivity index (χ3v) is 5.80. The summed E-state index contributed by atoms with van der Waals surface area (Å²) in [6, 6.07) is 11.1. The van der Waals surface area contributed by atoms with E-state index in [9.17, 15) is 13.2 Å². The van der Waals surface area contributed by atoms with E-state index in [-0.39, 0.29) is 22.1 Å². The van der Waals surface area contributed by atoms with Crippen LogP contribution < -0.4 is 4.72 Å². The van der Waals surface area contributed by atoms with Gasteiger partial charge in [0.05, 0.1) is 16.1 Å². The normalized spacial score (nSPS) is 14.6. The molecule has 0 saturated carbocycles. The summed E-state index contributed by atoms with van der Waals surface area (Å²) >= 11 is 6.03. The third kappa shape index (κ3) is 3.96. The number of carbonyl (C=O) groups excluding carboxylic acids is 1. The van der Waals surface area contributed by atoms with E-state index >= 15 is 0 Å². The van der Waals surface area contributed by atoms with Gasteiger partial charge in [-0.15, -0.1) is 0 Å². The highest BCUT2D eigenvalue weighted by molar-refractivity contribution is 7.92. The molecule has 5 nitrogen and oxygen atoms in total. The van der Waals surface area contributed by atoms with Crippen LogP contribution in [0, 0.1) is 6.92 Å². The van der Waals surface area contributed by atoms with Gasteiger partial charge in [0.2, 0.25) is 0 Å². The average Bonchev–Trinajstić information content (AvgIpc) is 3.10. The van der Waals surface area contributed by atoms with Crippen molar-refractivity contribution >= 4 is 33.2 Å². The Morgan fingerprint density at radius 1 is 1.08 bits per heavy atom. The molecule has 0 bridgehead atoms. The van der Waals surface area contributed by atoms with E-state index in [1.54, 1.807) is 23.1 Å². The molecule has 132 valence electrons. The number of benzene rings is 2. The number of carbonyl (C=O) groups is 1. The predicted molar refractivity (Wildman–Crippen MR) is 98.6 cm³/mol. The van der Waals surface area contributed by atoms with Crippen LogP contribution >= 0.6 is 11.6 Å². The number of likely N-dealkylation sites (tertiary alicyclic amines) is 1. The number of hydrogen-bond acceptors (Lipinski definition) is 3. The van der Waals surface area contributed by atoms with Crippen LogP contribution in [0.1, 0.15) is 28.8 Å². The number of anilines is 1. The Kier molecular flexibility index (Phi) is 5.01. The molecule has 1 amide bonds. The van der Waals surface area contributed by atoms with Crippen LogP contribution in [0.4, 0.5) is 5.69 Å². The predicted octanol–water partition coefficient (Wildman–Crippen LogP) is 3.69. The fourth-order valence-corrected chi connectivity index (χ4v) is 4.05. The molecular weight excluding hydrogens is 360 g/mol. The van der Waals surface area contributed by atoms with Crippen molar-refractivity contribution in [2.45, 2.75) is 24.7 Å². The van der Waals surface area contributed by atoms with Gasteiger partial charge in [-0.1, -0.05) is 29.3 Å². The summed E-state index contributed by atoms with van der Waals surface area (Å²) in [5.74, 6) is -0.207. The van der Waals surface area contributed by atoms with Crippen LogP contribution in [0.3, 0.4) is 0 Å². The molecule has 0 radical (unpaired) electrons. The summed E-state index contributed by atoms with van der Waals surface area (Å²) in [7, 11) is -3.79. The second-order valence-corrected chi connectivity index (χ2v) is 8.23. The van der Waals surface area contributed by atoms with Gasteiger partial charge in [0, 0.05) is 18.1 Å². The van der Waals surface area contributed by atoms with Gasteiger partial charge in [0.25, 0.3) is 15.9 Å². The number of rotatable bonds is 4. The molecule has 7 heteroatoms. The minimum atomic E-state index is -3.79. The fourth-order valence-electron chi connectivity index (χ4n) is 2.79. The van der Waals surface area contributed by atoms with Gasteiger partial charge in [-0.25, -0.2) is 8.42 Å². The second kappa shape index (κ2) is 7.06. The molecule has 2 aromatic carbocycles. The van der Waals surface area contributed by atoms with E-state index in [1.165, 1.54) is 24.3 Å². The zero-order valence-corrected chi connectivity index (χ0v) is 15.4. The third-order valence-electron chi connectivity index (χ3n) is 4.18. The van der Waals surface area contributed by atoms with E-state index in [4.69, 9.17) is 11.6 Å². The van der Waals surface area contributed by atoms with Crippen LogP contribution in [-0.2, 0) is 10.0 Å². The lowest BCUT2D eigenvalue weighted by Gasteiger charge is -2.18. The molecule has 0 unspecified atom stereocenters. The largest absolute Gasteiger partial charge is 0.339 e. The summed E-state index contributed by atoms with van der Waals surface area (Å²) in [6.07, 6.45) is 1.91. The Hall–Kier alpha value is -2.05. The van der Waals surface area contributed by atoms with Gasteiger partial charge in [-0.2, -0.15) is 0 Å². The van der Waals surface area contributed by atoms with Crippen molar-refractivity contribution in [2.24, 2.45) is 0 Å². The first-order valence-electron chi connectivity index (χ1n) is 8.05. The van der Waals surface area contributed by atoms with Crippen LogP contribution in [0.2, 0.25) is 5.02 Å². The average molecular weight is 379 g/mol. The highest BCUT2D eigenvalue weighted by Crippen LogP contribution is 2.26. The van der Waals surface area contributed by atoms with Crippen LogP contribution in [-0.4, -0.2) is 32.3 Å². The maximum absolute atomic E-state index is 12.7. The quantitative estimate of drug-likeness (QED) is 0.882. The minimum Gasteiger partial charge on any atom is -0.339 e. The monoisotopic (exact) mass is 378 g/mol. The van der Waals surface area contributed by atoms with Crippen molar-refractivity contribution in [2.75, 3.05) is 17.8 Å². The molecule has 1 saturated heterocycles. The summed E-state index contributed by atoms with van der Waals surface area (Å²) in [5, 5.41) is 0.390. The molecule has 2 aromatic rings. The summed E-state index contributed by atoms with van der Waals surface area (Å²) < 4.78 is 27.8. The lowest BCUT2D eigenvalue weighted by molar-refractivity contribution is 0.0794. The summed E-state index contributed by atoms with van der Waals surface area (Å²) in [6.45, 7) is 3.24. The van der Waals surface area contributed by atoms with Gasteiger partial charge in [0.15, 0.2) is 0 Å². The SMILES string of the molecule is Cc1ccc(S(=O)(=O)Nc2ccc(Cl)cc2C(=O)N2CCCC2)cc1. The molecule has 1 aliphatic heterocycles. The number of sulfonamides is 1. The molecular formula is C18H19ClN2O3S. The van der Waals surface area contributed by atoms with Gasteiger partial charge in [0.1, 0.15) is 0 Å². The smallest absolute Gasteiger partial charge is 0.261 e. The van der Waals surface area contributed by atoms with Crippen LogP contribution in [0.15, 0.2) is 47.4 Å². The number of halogens is 1. The first-order valence-corrected chi connectivity index (χ1v) is 9.91. The zero-order valence-electron chi connectivity index (χ0n) is 13.8. The van der Waals surface area contributed by atoms with E-state index in [1.807, 2.05) is 6.92 Å². The van der Waals surface area contributed by atoms with E-state index in [0.29, 0.717) is 18.1 Å². The van der Waals surface area contributed by atoms with Crippen molar-refractivity contribution < 1.29 is 13.2 Å². The van der Waals surface area contributed by atoms with Crippen molar-refractivity contribution in [3.05, 3.63) is 58.6 Å². The standard InChI is InChI=1S/C18H19ClN2O3S/c1-13-4-7-15(8-5-13)25(23,24)20-17-9-6-14(19)12-16(17)18(22)21-10-2-3-11-21/h4-9,12,20H,2-3,10-11H2,1H3. The Balaban J connectivity index is 1.94. The Morgan fingerprint density at radius 3 is 2.36 bits per heavy atom. The van der Waals surface area contributed by atoms with Gasteiger partial charge < -0.3 is 4.90 Å². The number of nitrogens with one attached hydrogen (secondary N) is 1. The first-order chi connectivity index (χ1) is 11.9. The first kappa shape index (κ1) is 17.8. The van der Waals surface area contributed by atoms with Crippen molar-refractivity contribution in [1.29, 1.82) is 0 Å². The lowest BCUT2D eigenvalue weighted by Crippen LogP contribution is -2.29. The minimum absolute atomic E-state index is 0.146. The summed E-state index contributed by atoms with van der Waals surface area (Å²) in [5.41, 5.74) is 1.47. The summed E-state index contributed by atoms with van der Waals surface area (Å²) in [4.78, 5) is 14.6. The molecule has 1 heterocycles. The molecule has 0 spiro atoms. The highest BCUT2D eigenvalue weighted by atomic mass is 35.5. The molecule has 1 aliphatic rings. The van der Waals surface area contributed by atoms with Crippen molar-refractivity contribution in [3.8, 4) is 0 Å². The molecule has 0 aliphatic carbocycles. The number of amides is 1. The maximum atomic E-state index is 12.7. The van der Waals surface area contributed by atoms with E-state index in [2.05, 4.69) is 4.72 Å². The van der Waals surface area contributed by atoms with Crippen molar-refractivity contribution in [3.63, 3.8) is 0 Å². The molecule has 0 aromatic heterocycles. The number of nitrogens with zero attached hydrogens (tertiary/aromatic N) is 1. The van der Waals surface area contributed by atoms with Gasteiger partial charge in [-0.05, 0) is 50.1 Å². The van der Waals surface area contributed by atoms with Crippen molar-refractivity contribution in [1.82, 2.24) is 4.90 Å². The Morgan fingerprint density at radius 2 is 1.72 bits per heavy atom. The van der Waals surface area contributed by atoms with Crippen LogP contribution in [0.5, 0.6) is 0 Å². The van der Waals surface area contributed by atoms with Gasteiger partial charge in [-0.3, -0.25) is 9.52 Å². The molecule has 1 fully saturated rings. The second-order valence-electron chi connectivity index (χ2n) is 6.11.